The maximum atomic E-state index is 11.7. The Balaban J connectivity index is 1.57. The molecule has 0 fully saturated rings. The Bertz CT molecular complexity index is 1020. The van der Waals surface area contributed by atoms with Gasteiger partial charge in [0.1, 0.15) is 0 Å². The summed E-state index contributed by atoms with van der Waals surface area (Å²) in [6, 6.07) is 25.5. The highest BCUT2D eigenvalue weighted by Gasteiger charge is 2.17. The third-order valence-electron chi connectivity index (χ3n) is 5.35. The fraction of sp³-hybridized carbons (Fsp3) is 0.231. The van der Waals surface area contributed by atoms with Gasteiger partial charge in [-0.2, -0.15) is 5.26 Å². The fourth-order valence-electron chi connectivity index (χ4n) is 3.60. The van der Waals surface area contributed by atoms with Crippen LogP contribution in [0, 0.1) is 17.2 Å². The first-order valence-corrected chi connectivity index (χ1v) is 10.5. The largest absolute Gasteiger partial charge is 0.481 e. The van der Waals surface area contributed by atoms with Crippen LogP contribution in [0.5, 0.6) is 0 Å². The normalized spacial score (nSPS) is 11.6. The zero-order valence-corrected chi connectivity index (χ0v) is 17.5. The summed E-state index contributed by atoms with van der Waals surface area (Å²) < 4.78 is 0. The smallest absolute Gasteiger partial charge is 0.306 e. The van der Waals surface area contributed by atoms with Crippen LogP contribution in [-0.2, 0) is 17.6 Å². The van der Waals surface area contributed by atoms with Gasteiger partial charge in [0, 0.05) is 10.6 Å². The molecule has 0 spiro atoms. The maximum absolute atomic E-state index is 11.7. The van der Waals surface area contributed by atoms with E-state index in [0.717, 1.165) is 29.5 Å². The topological polar surface area (TPSA) is 61.1 Å². The van der Waals surface area contributed by atoms with Crippen molar-refractivity contribution in [3.05, 3.63) is 94.5 Å². The van der Waals surface area contributed by atoms with Crippen molar-refractivity contribution in [1.82, 2.24) is 0 Å². The van der Waals surface area contributed by atoms with Gasteiger partial charge in [-0.3, -0.25) is 4.79 Å². The van der Waals surface area contributed by atoms with E-state index in [2.05, 4.69) is 18.2 Å². The molecule has 3 aromatic carbocycles. The Morgan fingerprint density at radius 3 is 2.30 bits per heavy atom. The van der Waals surface area contributed by atoms with Crippen LogP contribution in [0.3, 0.4) is 0 Å². The first-order valence-electron chi connectivity index (χ1n) is 10.1. The minimum atomic E-state index is -0.722. The summed E-state index contributed by atoms with van der Waals surface area (Å²) in [4.78, 5) is 11.7. The van der Waals surface area contributed by atoms with Gasteiger partial charge in [-0.05, 0) is 67.0 Å². The van der Waals surface area contributed by atoms with Crippen LogP contribution in [0.2, 0.25) is 5.02 Å². The van der Waals surface area contributed by atoms with Crippen LogP contribution >= 0.6 is 11.6 Å². The summed E-state index contributed by atoms with van der Waals surface area (Å²) in [6.45, 7) is 0. The molecule has 152 valence electrons. The maximum Gasteiger partial charge on any atom is 0.306 e. The van der Waals surface area contributed by atoms with Crippen LogP contribution in [0.25, 0.3) is 11.1 Å². The van der Waals surface area contributed by atoms with Gasteiger partial charge in [-0.15, -0.1) is 0 Å². The monoisotopic (exact) mass is 417 g/mol. The minimum absolute atomic E-state index is 0.338. The second-order valence-corrected chi connectivity index (χ2v) is 7.86. The van der Waals surface area contributed by atoms with Crippen LogP contribution in [-0.4, -0.2) is 11.1 Å². The third-order valence-corrected chi connectivity index (χ3v) is 5.68. The molecule has 3 nitrogen and oxygen atoms in total. The number of carboxylic acids is 1. The number of nitriles is 1. The first-order chi connectivity index (χ1) is 14.6. The van der Waals surface area contributed by atoms with Crippen molar-refractivity contribution in [2.24, 2.45) is 5.92 Å². The van der Waals surface area contributed by atoms with Gasteiger partial charge in [-0.1, -0.05) is 66.2 Å². The molecular formula is C26H24ClNO2. The Morgan fingerprint density at radius 1 is 0.933 bits per heavy atom. The zero-order chi connectivity index (χ0) is 21.3. The van der Waals surface area contributed by atoms with E-state index in [0.29, 0.717) is 29.8 Å². The van der Waals surface area contributed by atoms with Crippen molar-refractivity contribution < 1.29 is 9.90 Å². The van der Waals surface area contributed by atoms with Crippen molar-refractivity contribution >= 4 is 17.6 Å². The molecular weight excluding hydrogens is 394 g/mol. The lowest BCUT2D eigenvalue weighted by atomic mass is 9.93. The van der Waals surface area contributed by atoms with E-state index in [1.165, 1.54) is 5.56 Å². The number of rotatable bonds is 9. The summed E-state index contributed by atoms with van der Waals surface area (Å²) in [5, 5.41) is 19.3. The highest BCUT2D eigenvalue weighted by Crippen LogP contribution is 2.29. The molecule has 3 rings (SSSR count). The number of aliphatic carboxylic acids is 1. The van der Waals surface area contributed by atoms with Crippen LogP contribution in [0.15, 0.2) is 72.8 Å². The molecule has 0 amide bonds. The molecule has 0 radical (unpaired) electrons. The SMILES string of the molecule is N#Cc1ccc(Cl)c(-c2ccc(CCC(CCCc3ccccc3)C(=O)O)cc2)c1. The second kappa shape index (κ2) is 10.6. The number of aryl methyl sites for hydroxylation is 2. The zero-order valence-electron chi connectivity index (χ0n) is 16.7. The van der Waals surface area contributed by atoms with E-state index in [1.807, 2.05) is 42.5 Å². The van der Waals surface area contributed by atoms with Crippen molar-refractivity contribution in [3.8, 4) is 17.2 Å². The van der Waals surface area contributed by atoms with E-state index < -0.39 is 5.97 Å². The summed E-state index contributed by atoms with van der Waals surface area (Å²) >= 11 is 6.28. The number of benzene rings is 3. The molecule has 1 unspecified atom stereocenters. The van der Waals surface area contributed by atoms with Gasteiger partial charge in [0.15, 0.2) is 0 Å². The number of carboxylic acid groups (broad SMARTS) is 1. The van der Waals surface area contributed by atoms with Crippen LogP contribution in [0.1, 0.15) is 36.0 Å². The van der Waals surface area contributed by atoms with E-state index in [1.54, 1.807) is 18.2 Å². The predicted octanol–water partition coefficient (Wildman–Crippen LogP) is 6.53. The average Bonchev–Trinajstić information content (AvgIpc) is 2.77. The molecule has 0 aliphatic carbocycles. The number of nitrogens with zero attached hydrogens (tertiary/aromatic N) is 1. The van der Waals surface area contributed by atoms with Gasteiger partial charge in [0.05, 0.1) is 17.6 Å². The summed E-state index contributed by atoms with van der Waals surface area (Å²) in [6.07, 6.45) is 3.79. The molecule has 0 heterocycles. The quantitative estimate of drug-likeness (QED) is 0.430. The highest BCUT2D eigenvalue weighted by atomic mass is 35.5. The first kappa shape index (κ1) is 21.6. The summed E-state index contributed by atoms with van der Waals surface area (Å²) in [7, 11) is 0. The molecule has 30 heavy (non-hydrogen) atoms. The minimum Gasteiger partial charge on any atom is -0.481 e. The van der Waals surface area contributed by atoms with Gasteiger partial charge < -0.3 is 5.11 Å². The van der Waals surface area contributed by atoms with E-state index in [9.17, 15) is 9.90 Å². The molecule has 0 aliphatic heterocycles. The number of carbonyl (C=O) groups is 1. The molecule has 0 bridgehead atoms. The molecule has 4 heteroatoms. The molecule has 3 aromatic rings. The standard InChI is InChI=1S/C26H24ClNO2/c27-25-16-12-21(18-28)17-24(25)22-13-9-20(10-14-22)11-15-23(26(29)30)8-4-7-19-5-2-1-3-6-19/h1-3,5-6,9-10,12-14,16-17,23H,4,7-8,11,15H2,(H,29,30). The van der Waals surface area contributed by atoms with Crippen LogP contribution in [0.4, 0.5) is 0 Å². The Hall–Kier alpha value is -3.09. The van der Waals surface area contributed by atoms with Crippen LogP contribution < -0.4 is 0 Å². The molecule has 1 N–H and O–H groups in total. The van der Waals surface area contributed by atoms with Crippen molar-refractivity contribution in [2.45, 2.75) is 32.1 Å². The molecule has 0 saturated carbocycles. The Labute approximate surface area is 182 Å². The number of hydrogen-bond acceptors (Lipinski definition) is 2. The lowest BCUT2D eigenvalue weighted by Crippen LogP contribution is -2.15. The molecule has 0 aliphatic rings. The lowest BCUT2D eigenvalue weighted by Gasteiger charge is -2.13. The fourth-order valence-corrected chi connectivity index (χ4v) is 3.82. The Morgan fingerprint density at radius 2 is 1.63 bits per heavy atom. The molecule has 0 aromatic heterocycles. The van der Waals surface area contributed by atoms with Crippen molar-refractivity contribution in [2.75, 3.05) is 0 Å². The second-order valence-electron chi connectivity index (χ2n) is 7.46. The van der Waals surface area contributed by atoms with Crippen molar-refractivity contribution in [1.29, 1.82) is 5.26 Å². The van der Waals surface area contributed by atoms with E-state index in [-0.39, 0.29) is 5.92 Å². The lowest BCUT2D eigenvalue weighted by molar-refractivity contribution is -0.142. The summed E-state index contributed by atoms with van der Waals surface area (Å²) in [5.41, 5.74) is 4.68. The highest BCUT2D eigenvalue weighted by molar-refractivity contribution is 6.33. The molecule has 1 atom stereocenters. The number of hydrogen-bond donors (Lipinski definition) is 1. The predicted molar refractivity (Wildman–Crippen MR) is 120 cm³/mol. The number of halogens is 1. The molecule has 0 saturated heterocycles. The van der Waals surface area contributed by atoms with E-state index in [4.69, 9.17) is 16.9 Å². The Kier molecular flexibility index (Phi) is 7.65. The van der Waals surface area contributed by atoms with Gasteiger partial charge in [-0.25, -0.2) is 0 Å². The average molecular weight is 418 g/mol. The van der Waals surface area contributed by atoms with E-state index >= 15 is 0 Å². The van der Waals surface area contributed by atoms with Gasteiger partial charge in [0.25, 0.3) is 0 Å². The van der Waals surface area contributed by atoms with Crippen molar-refractivity contribution in [3.63, 3.8) is 0 Å². The summed E-state index contributed by atoms with van der Waals surface area (Å²) in [5.74, 6) is -1.06. The van der Waals surface area contributed by atoms with Gasteiger partial charge in [0.2, 0.25) is 0 Å². The van der Waals surface area contributed by atoms with Gasteiger partial charge >= 0.3 is 5.97 Å². The third kappa shape index (κ3) is 5.95.